The van der Waals surface area contributed by atoms with Gasteiger partial charge in [0.25, 0.3) is 5.56 Å². The highest BCUT2D eigenvalue weighted by molar-refractivity contribution is 5.31. The predicted octanol–water partition coefficient (Wildman–Crippen LogP) is 1.42. The van der Waals surface area contributed by atoms with Crippen LogP contribution < -0.4 is 10.9 Å². The zero-order valence-electron chi connectivity index (χ0n) is 10.3. The number of aromatic nitrogens is 2. The highest BCUT2D eigenvalue weighted by Gasteiger charge is 2.25. The number of hydrogen-bond donors (Lipinski definition) is 1. The van der Waals surface area contributed by atoms with Crippen LogP contribution in [-0.2, 0) is 4.74 Å². The number of rotatable bonds is 6. The molecule has 0 radical (unpaired) electrons. The number of hydrogen-bond acceptors (Lipinski definition) is 4. The Labute approximate surface area is 101 Å². The lowest BCUT2D eigenvalue weighted by atomic mass is 10.5. The summed E-state index contributed by atoms with van der Waals surface area (Å²) in [5.41, 5.74) is -0.0282. The first-order chi connectivity index (χ1) is 8.18. The minimum atomic E-state index is -0.0282. The molecule has 1 saturated carbocycles. The number of nitrogens with one attached hydrogen (secondary N) is 1. The van der Waals surface area contributed by atoms with Crippen LogP contribution in [0.2, 0.25) is 0 Å². The van der Waals surface area contributed by atoms with Gasteiger partial charge < -0.3 is 14.6 Å². The molecular formula is C12H19N3O2. The largest absolute Gasteiger partial charge is 0.377 e. The van der Waals surface area contributed by atoms with E-state index in [0.717, 1.165) is 12.8 Å². The van der Waals surface area contributed by atoms with Crippen LogP contribution in [0, 0.1) is 0 Å². The lowest BCUT2D eigenvalue weighted by molar-refractivity contribution is 0.0870. The molecule has 17 heavy (non-hydrogen) atoms. The molecule has 0 aromatic carbocycles. The Morgan fingerprint density at radius 3 is 3.00 bits per heavy atom. The van der Waals surface area contributed by atoms with Crippen molar-refractivity contribution in [1.29, 1.82) is 0 Å². The van der Waals surface area contributed by atoms with Gasteiger partial charge in [-0.15, -0.1) is 0 Å². The fourth-order valence-corrected chi connectivity index (χ4v) is 1.65. The van der Waals surface area contributed by atoms with Crippen LogP contribution in [0.3, 0.4) is 0 Å². The third kappa shape index (κ3) is 3.30. The highest BCUT2D eigenvalue weighted by Crippen LogP contribution is 2.33. The third-order valence-electron chi connectivity index (χ3n) is 2.65. The van der Waals surface area contributed by atoms with Crippen LogP contribution in [0.25, 0.3) is 0 Å². The van der Waals surface area contributed by atoms with E-state index in [2.05, 4.69) is 10.3 Å². The first-order valence-electron chi connectivity index (χ1n) is 6.11. The summed E-state index contributed by atoms with van der Waals surface area (Å²) in [5.74, 6) is 0.423. The minimum absolute atomic E-state index is 0.0282. The molecule has 1 fully saturated rings. The van der Waals surface area contributed by atoms with Gasteiger partial charge in [0.05, 0.1) is 12.7 Å². The Hall–Kier alpha value is -1.36. The van der Waals surface area contributed by atoms with Crippen molar-refractivity contribution in [3.8, 4) is 0 Å². The molecule has 0 aliphatic heterocycles. The van der Waals surface area contributed by atoms with E-state index in [1.54, 1.807) is 17.0 Å². The van der Waals surface area contributed by atoms with Gasteiger partial charge in [-0.3, -0.25) is 4.79 Å². The van der Waals surface area contributed by atoms with Crippen LogP contribution in [-0.4, -0.2) is 28.8 Å². The zero-order valence-corrected chi connectivity index (χ0v) is 10.3. The summed E-state index contributed by atoms with van der Waals surface area (Å²) in [4.78, 5) is 16.0. The molecule has 1 aromatic rings. The van der Waals surface area contributed by atoms with Crippen molar-refractivity contribution < 1.29 is 4.74 Å². The van der Waals surface area contributed by atoms with E-state index < -0.39 is 0 Å². The van der Waals surface area contributed by atoms with E-state index in [1.165, 1.54) is 0 Å². The molecule has 1 aromatic heterocycles. The average Bonchev–Trinajstić information content (AvgIpc) is 3.10. The molecule has 5 heteroatoms. The van der Waals surface area contributed by atoms with Crippen LogP contribution in [0.4, 0.5) is 5.82 Å². The molecule has 0 bridgehead atoms. The summed E-state index contributed by atoms with van der Waals surface area (Å²) in [6.45, 7) is 5.16. The molecular weight excluding hydrogens is 218 g/mol. The average molecular weight is 237 g/mol. The predicted molar refractivity (Wildman–Crippen MR) is 66.3 cm³/mol. The second kappa shape index (κ2) is 5.31. The van der Waals surface area contributed by atoms with Gasteiger partial charge >= 0.3 is 0 Å². The maximum atomic E-state index is 12.0. The quantitative estimate of drug-likeness (QED) is 0.760. The standard InChI is InChI=1S/C12H19N3O2/c1-9(2)17-8-6-14-11-12(16)15(7-5-13-11)10-3-4-10/h5,7,9-10H,3-4,6,8H2,1-2H3,(H,13,14). The van der Waals surface area contributed by atoms with E-state index in [-0.39, 0.29) is 11.7 Å². The lowest BCUT2D eigenvalue weighted by Gasteiger charge is -2.10. The van der Waals surface area contributed by atoms with E-state index >= 15 is 0 Å². The van der Waals surface area contributed by atoms with E-state index in [9.17, 15) is 4.79 Å². The Kier molecular flexibility index (Phi) is 3.78. The van der Waals surface area contributed by atoms with Gasteiger partial charge in [0.15, 0.2) is 5.82 Å². The first kappa shape index (κ1) is 12.1. The van der Waals surface area contributed by atoms with Crippen molar-refractivity contribution in [3.63, 3.8) is 0 Å². The number of ether oxygens (including phenoxy) is 1. The molecule has 1 N–H and O–H groups in total. The Morgan fingerprint density at radius 2 is 2.35 bits per heavy atom. The summed E-state index contributed by atoms with van der Waals surface area (Å²) in [6, 6.07) is 0.387. The van der Waals surface area contributed by atoms with Crippen LogP contribution >= 0.6 is 0 Å². The maximum Gasteiger partial charge on any atom is 0.293 e. The second-order valence-corrected chi connectivity index (χ2v) is 4.57. The molecule has 0 unspecified atom stereocenters. The van der Waals surface area contributed by atoms with Crippen LogP contribution in [0.1, 0.15) is 32.7 Å². The Morgan fingerprint density at radius 1 is 1.59 bits per heavy atom. The topological polar surface area (TPSA) is 56.1 Å². The Bertz CT molecular complexity index is 424. The van der Waals surface area contributed by atoms with Gasteiger partial charge in [-0.1, -0.05) is 0 Å². The fourth-order valence-electron chi connectivity index (χ4n) is 1.65. The molecule has 1 aliphatic rings. The van der Waals surface area contributed by atoms with Gasteiger partial charge in [-0.2, -0.15) is 0 Å². The van der Waals surface area contributed by atoms with Gasteiger partial charge in [0.1, 0.15) is 0 Å². The van der Waals surface area contributed by atoms with E-state index in [0.29, 0.717) is 25.0 Å². The van der Waals surface area contributed by atoms with Gasteiger partial charge in [0, 0.05) is 25.0 Å². The van der Waals surface area contributed by atoms with Crippen molar-refractivity contribution in [2.45, 2.75) is 38.8 Å². The van der Waals surface area contributed by atoms with Gasteiger partial charge in [-0.25, -0.2) is 4.98 Å². The van der Waals surface area contributed by atoms with Gasteiger partial charge in [-0.05, 0) is 26.7 Å². The number of anilines is 1. The summed E-state index contributed by atoms with van der Waals surface area (Å²) < 4.78 is 7.16. The minimum Gasteiger partial charge on any atom is -0.377 e. The molecule has 0 spiro atoms. The summed E-state index contributed by atoms with van der Waals surface area (Å²) in [7, 11) is 0. The Balaban J connectivity index is 1.92. The fraction of sp³-hybridized carbons (Fsp3) is 0.667. The van der Waals surface area contributed by atoms with Crippen molar-refractivity contribution in [1.82, 2.24) is 9.55 Å². The van der Waals surface area contributed by atoms with Crippen LogP contribution in [0.5, 0.6) is 0 Å². The maximum absolute atomic E-state index is 12.0. The van der Waals surface area contributed by atoms with Gasteiger partial charge in [0.2, 0.25) is 0 Å². The van der Waals surface area contributed by atoms with Crippen molar-refractivity contribution >= 4 is 5.82 Å². The third-order valence-corrected chi connectivity index (χ3v) is 2.65. The smallest absolute Gasteiger partial charge is 0.293 e. The van der Waals surface area contributed by atoms with Crippen molar-refractivity contribution in [2.75, 3.05) is 18.5 Å². The zero-order chi connectivity index (χ0) is 12.3. The van der Waals surface area contributed by atoms with Crippen LogP contribution in [0.15, 0.2) is 17.2 Å². The molecule has 1 heterocycles. The molecule has 0 atom stereocenters. The molecule has 0 saturated heterocycles. The van der Waals surface area contributed by atoms with Crippen molar-refractivity contribution in [2.24, 2.45) is 0 Å². The molecule has 5 nitrogen and oxygen atoms in total. The number of nitrogens with zero attached hydrogens (tertiary/aromatic N) is 2. The highest BCUT2D eigenvalue weighted by atomic mass is 16.5. The molecule has 2 rings (SSSR count). The SMILES string of the molecule is CC(C)OCCNc1nccn(C2CC2)c1=O. The molecule has 0 amide bonds. The first-order valence-corrected chi connectivity index (χ1v) is 6.11. The summed E-state index contributed by atoms with van der Waals surface area (Å²) in [5, 5.41) is 3.02. The monoisotopic (exact) mass is 237 g/mol. The molecule has 94 valence electrons. The summed E-state index contributed by atoms with van der Waals surface area (Å²) >= 11 is 0. The molecule has 1 aliphatic carbocycles. The van der Waals surface area contributed by atoms with E-state index in [4.69, 9.17) is 4.74 Å². The second-order valence-electron chi connectivity index (χ2n) is 4.57. The normalized spacial score (nSPS) is 15.2. The lowest BCUT2D eigenvalue weighted by Crippen LogP contribution is -2.25. The van der Waals surface area contributed by atoms with E-state index in [1.807, 2.05) is 13.8 Å². The summed E-state index contributed by atoms with van der Waals surface area (Å²) in [6.07, 6.45) is 5.84. The van der Waals surface area contributed by atoms with Crippen molar-refractivity contribution in [3.05, 3.63) is 22.7 Å².